The van der Waals surface area contributed by atoms with Crippen LogP contribution in [-0.2, 0) is 0 Å². The summed E-state index contributed by atoms with van der Waals surface area (Å²) in [5.74, 6) is 0. The van der Waals surface area contributed by atoms with Crippen molar-refractivity contribution in [1.82, 2.24) is 4.98 Å². The van der Waals surface area contributed by atoms with E-state index in [1.807, 2.05) is 13.1 Å². The third-order valence-corrected chi connectivity index (χ3v) is 3.62. The quantitative estimate of drug-likeness (QED) is 0.854. The second kappa shape index (κ2) is 5.50. The Bertz CT molecular complexity index is 345. The third kappa shape index (κ3) is 2.97. The van der Waals surface area contributed by atoms with Crippen LogP contribution in [0, 0.1) is 0 Å². The molecule has 17 heavy (non-hydrogen) atoms. The summed E-state index contributed by atoms with van der Waals surface area (Å²) in [7, 11) is 0. The zero-order chi connectivity index (χ0) is 12.3. The van der Waals surface area contributed by atoms with Crippen LogP contribution in [-0.4, -0.2) is 17.6 Å². The number of rotatable bonds is 2. The van der Waals surface area contributed by atoms with E-state index in [4.69, 9.17) is 5.73 Å². The van der Waals surface area contributed by atoms with E-state index >= 15 is 0 Å². The fourth-order valence-electron chi connectivity index (χ4n) is 2.50. The van der Waals surface area contributed by atoms with Gasteiger partial charge in [0, 0.05) is 18.6 Å². The van der Waals surface area contributed by atoms with Crippen LogP contribution in [0.3, 0.4) is 0 Å². The second-order valence-electron chi connectivity index (χ2n) is 5.12. The van der Waals surface area contributed by atoms with Gasteiger partial charge in [-0.15, -0.1) is 0 Å². The molecule has 0 radical (unpaired) electrons. The Morgan fingerprint density at radius 2 is 2.18 bits per heavy atom. The summed E-state index contributed by atoms with van der Waals surface area (Å²) in [6, 6.07) is 4.86. The van der Waals surface area contributed by atoms with Gasteiger partial charge in [0.05, 0.1) is 17.6 Å². The first kappa shape index (κ1) is 12.4. The van der Waals surface area contributed by atoms with Gasteiger partial charge in [0.25, 0.3) is 0 Å². The molecule has 0 aromatic carbocycles. The summed E-state index contributed by atoms with van der Waals surface area (Å²) < 4.78 is 0. The van der Waals surface area contributed by atoms with Crippen LogP contribution in [0.15, 0.2) is 18.3 Å². The molecule has 0 bridgehead atoms. The van der Waals surface area contributed by atoms with Crippen LogP contribution >= 0.6 is 0 Å². The lowest BCUT2D eigenvalue weighted by molar-refractivity contribution is 0.615. The highest BCUT2D eigenvalue weighted by Crippen LogP contribution is 2.23. The first-order valence-corrected chi connectivity index (χ1v) is 6.66. The van der Waals surface area contributed by atoms with Gasteiger partial charge in [0.1, 0.15) is 0 Å². The van der Waals surface area contributed by atoms with Gasteiger partial charge in [0.15, 0.2) is 0 Å². The van der Waals surface area contributed by atoms with Crippen LogP contribution < -0.4 is 10.6 Å². The van der Waals surface area contributed by atoms with Gasteiger partial charge in [-0.1, -0.05) is 12.8 Å². The number of hydrogen-bond donors (Lipinski definition) is 1. The maximum atomic E-state index is 5.82. The first-order chi connectivity index (χ1) is 8.18. The average Bonchev–Trinajstić information content (AvgIpc) is 2.54. The molecule has 2 heterocycles. The van der Waals surface area contributed by atoms with Crippen LogP contribution in [0.25, 0.3) is 0 Å². The molecular weight excluding hydrogens is 210 g/mol. The molecule has 3 nitrogen and oxygen atoms in total. The van der Waals surface area contributed by atoms with Crippen molar-refractivity contribution in [2.45, 2.75) is 51.6 Å². The Hall–Kier alpha value is -1.09. The van der Waals surface area contributed by atoms with E-state index in [0.717, 1.165) is 12.2 Å². The summed E-state index contributed by atoms with van der Waals surface area (Å²) in [6.07, 6.45) is 7.25. The lowest BCUT2D eigenvalue weighted by Crippen LogP contribution is -2.32. The zero-order valence-electron chi connectivity index (χ0n) is 10.9. The molecule has 1 aromatic rings. The molecule has 1 saturated heterocycles. The van der Waals surface area contributed by atoms with Crippen LogP contribution in [0.2, 0.25) is 0 Å². The number of anilines is 1. The molecule has 3 heteroatoms. The van der Waals surface area contributed by atoms with Crippen molar-refractivity contribution in [2.24, 2.45) is 5.73 Å². The first-order valence-electron chi connectivity index (χ1n) is 6.66. The molecule has 0 amide bonds. The Morgan fingerprint density at radius 3 is 2.82 bits per heavy atom. The lowest BCUT2D eigenvalue weighted by atomic mass is 10.1. The normalized spacial score (nSPS) is 23.2. The molecule has 2 rings (SSSR count). The minimum Gasteiger partial charge on any atom is -0.368 e. The maximum Gasteiger partial charge on any atom is 0.0569 e. The maximum absolute atomic E-state index is 5.82. The Kier molecular flexibility index (Phi) is 4.00. The highest BCUT2D eigenvalue weighted by molar-refractivity contribution is 5.45. The molecule has 1 aliphatic rings. The van der Waals surface area contributed by atoms with E-state index in [1.54, 1.807) is 0 Å². The van der Waals surface area contributed by atoms with Gasteiger partial charge < -0.3 is 10.6 Å². The van der Waals surface area contributed by atoms with Crippen molar-refractivity contribution in [3.63, 3.8) is 0 Å². The van der Waals surface area contributed by atoms with Crippen molar-refractivity contribution in [1.29, 1.82) is 0 Å². The van der Waals surface area contributed by atoms with E-state index in [0.29, 0.717) is 6.04 Å². The van der Waals surface area contributed by atoms with Crippen molar-refractivity contribution >= 4 is 5.69 Å². The Morgan fingerprint density at radius 1 is 1.35 bits per heavy atom. The smallest absolute Gasteiger partial charge is 0.0569 e. The van der Waals surface area contributed by atoms with Gasteiger partial charge >= 0.3 is 0 Å². The highest BCUT2D eigenvalue weighted by Gasteiger charge is 2.17. The molecule has 2 N–H and O–H groups in total. The molecule has 1 fully saturated rings. The van der Waals surface area contributed by atoms with E-state index in [9.17, 15) is 0 Å². The van der Waals surface area contributed by atoms with Gasteiger partial charge in [-0.25, -0.2) is 0 Å². The number of aromatic nitrogens is 1. The number of hydrogen-bond acceptors (Lipinski definition) is 3. The topological polar surface area (TPSA) is 42.1 Å². The molecule has 1 aliphatic heterocycles. The van der Waals surface area contributed by atoms with Gasteiger partial charge in [-0.05, 0) is 38.8 Å². The molecular formula is C14H23N3. The van der Waals surface area contributed by atoms with Crippen molar-refractivity contribution in [2.75, 3.05) is 11.4 Å². The van der Waals surface area contributed by atoms with Gasteiger partial charge in [0.2, 0.25) is 0 Å². The van der Waals surface area contributed by atoms with Crippen molar-refractivity contribution < 1.29 is 0 Å². The van der Waals surface area contributed by atoms with E-state index in [-0.39, 0.29) is 6.04 Å². The van der Waals surface area contributed by atoms with Crippen molar-refractivity contribution in [3.8, 4) is 0 Å². The molecule has 0 aliphatic carbocycles. The van der Waals surface area contributed by atoms with Gasteiger partial charge in [-0.3, -0.25) is 4.98 Å². The zero-order valence-corrected chi connectivity index (χ0v) is 10.9. The number of nitrogens with two attached hydrogens (primary N) is 1. The molecule has 0 spiro atoms. The summed E-state index contributed by atoms with van der Waals surface area (Å²) in [6.45, 7) is 5.43. The standard InChI is InChI=1S/C14H23N3/c1-11-6-4-3-5-9-17(11)13-7-8-14(12(2)15)16-10-13/h7-8,10-12H,3-6,9,15H2,1-2H3. The largest absolute Gasteiger partial charge is 0.368 e. The highest BCUT2D eigenvalue weighted by atomic mass is 15.2. The predicted octanol–water partition coefficient (Wildman–Crippen LogP) is 2.87. The van der Waals surface area contributed by atoms with E-state index in [1.165, 1.54) is 31.4 Å². The number of pyridine rings is 1. The third-order valence-electron chi connectivity index (χ3n) is 3.62. The van der Waals surface area contributed by atoms with Gasteiger partial charge in [-0.2, -0.15) is 0 Å². The van der Waals surface area contributed by atoms with E-state index in [2.05, 4.69) is 28.9 Å². The molecule has 2 unspecified atom stereocenters. The van der Waals surface area contributed by atoms with Crippen molar-refractivity contribution in [3.05, 3.63) is 24.0 Å². The summed E-state index contributed by atoms with van der Waals surface area (Å²) in [5, 5.41) is 0. The summed E-state index contributed by atoms with van der Waals surface area (Å²) in [4.78, 5) is 6.93. The van der Waals surface area contributed by atoms with E-state index < -0.39 is 0 Å². The lowest BCUT2D eigenvalue weighted by Gasteiger charge is -2.29. The monoisotopic (exact) mass is 233 g/mol. The molecule has 1 aromatic heterocycles. The fourth-order valence-corrected chi connectivity index (χ4v) is 2.50. The second-order valence-corrected chi connectivity index (χ2v) is 5.12. The molecule has 2 atom stereocenters. The Labute approximate surface area is 104 Å². The number of nitrogens with zero attached hydrogens (tertiary/aromatic N) is 2. The van der Waals surface area contributed by atoms with Crippen LogP contribution in [0.1, 0.15) is 51.3 Å². The van der Waals surface area contributed by atoms with Crippen LogP contribution in [0.5, 0.6) is 0 Å². The minimum atomic E-state index is 0.0191. The average molecular weight is 233 g/mol. The van der Waals surface area contributed by atoms with Crippen LogP contribution in [0.4, 0.5) is 5.69 Å². The summed E-state index contributed by atoms with van der Waals surface area (Å²) in [5.41, 5.74) is 8.03. The Balaban J connectivity index is 2.14. The minimum absolute atomic E-state index is 0.0191. The fraction of sp³-hybridized carbons (Fsp3) is 0.643. The molecule has 94 valence electrons. The molecule has 0 saturated carbocycles. The predicted molar refractivity (Wildman–Crippen MR) is 72.1 cm³/mol. The summed E-state index contributed by atoms with van der Waals surface area (Å²) >= 11 is 0. The SMILES string of the molecule is CC(N)c1ccc(N2CCCCCC2C)cn1.